The van der Waals surface area contributed by atoms with Gasteiger partial charge in [0, 0.05) is 24.8 Å². The van der Waals surface area contributed by atoms with Gasteiger partial charge in [0.25, 0.3) is 0 Å². The first-order chi connectivity index (χ1) is 4.74. The molecule has 2 nitrogen and oxygen atoms in total. The molecule has 0 radical (unpaired) electrons. The lowest BCUT2D eigenvalue weighted by atomic mass is 10.2. The Morgan fingerprint density at radius 3 is 2.50 bits per heavy atom. The molecule has 0 spiro atoms. The molecule has 0 bridgehead atoms. The van der Waals surface area contributed by atoms with Crippen molar-refractivity contribution >= 4 is 6.08 Å². The predicted molar refractivity (Wildman–Crippen MR) is 38.5 cm³/mol. The highest BCUT2D eigenvalue weighted by Crippen LogP contribution is 2.22. The van der Waals surface area contributed by atoms with Crippen LogP contribution in [0.2, 0.25) is 0 Å². The molecular weight excluding hydrogens is 128 g/mol. The summed E-state index contributed by atoms with van der Waals surface area (Å²) in [6.45, 7) is 5.13. The molecule has 0 atom stereocenters. The molecule has 2 N–H and O–H groups in total. The number of phenols is 2. The maximum Gasteiger partial charge on any atom is 0.213 e. The topological polar surface area (TPSA) is 40.5 Å². The summed E-state index contributed by atoms with van der Waals surface area (Å²) < 4.78 is 0. The Balaban J connectivity index is 3.19. The lowest BCUT2D eigenvalue weighted by molar-refractivity contribution is 0.450. The van der Waals surface area contributed by atoms with Gasteiger partial charge in [-0.15, -0.1) is 0 Å². The van der Waals surface area contributed by atoms with Crippen LogP contribution in [0.3, 0.4) is 0 Å². The molecule has 0 saturated heterocycles. The minimum atomic E-state index is -0.0116. The normalized spacial score (nSPS) is 9.10. The van der Waals surface area contributed by atoms with Gasteiger partial charge in [-0.2, -0.15) is 0 Å². The van der Waals surface area contributed by atoms with Crippen molar-refractivity contribution in [3.05, 3.63) is 30.3 Å². The summed E-state index contributed by atoms with van der Waals surface area (Å²) in [5.74, 6) is 0.0191. The van der Waals surface area contributed by atoms with Gasteiger partial charge in [-0.05, 0) is 0 Å². The fraction of sp³-hybridized carbons (Fsp3) is 0. The maximum atomic E-state index is 9.02. The van der Waals surface area contributed by atoms with Crippen LogP contribution in [0, 0.1) is 6.58 Å². The number of benzene rings is 1. The third kappa shape index (κ3) is 1.07. The molecule has 0 unspecified atom stereocenters. The Labute approximate surface area is 59.1 Å². The lowest BCUT2D eigenvalue weighted by Crippen LogP contribution is -1.72. The van der Waals surface area contributed by atoms with E-state index in [-0.39, 0.29) is 11.5 Å². The number of aromatic hydroxyl groups is 2. The molecule has 0 aliphatic carbocycles. The standard InChI is InChI=1S/C8H6O2/c1-2-6-3-4-7(9)5-8(6)10/h1-5H,(H-,9,10)/p+1. The summed E-state index contributed by atoms with van der Waals surface area (Å²) in [7, 11) is 0. The van der Waals surface area contributed by atoms with Crippen molar-refractivity contribution < 1.29 is 10.2 Å². The molecule has 2 heteroatoms. The zero-order chi connectivity index (χ0) is 7.56. The van der Waals surface area contributed by atoms with E-state index in [1.165, 1.54) is 24.3 Å². The van der Waals surface area contributed by atoms with Crippen molar-refractivity contribution in [1.29, 1.82) is 0 Å². The van der Waals surface area contributed by atoms with Crippen molar-refractivity contribution in [1.82, 2.24) is 0 Å². The van der Waals surface area contributed by atoms with Gasteiger partial charge in [0.1, 0.15) is 5.75 Å². The Kier molecular flexibility index (Phi) is 1.57. The smallest absolute Gasteiger partial charge is 0.213 e. The Bertz CT molecular complexity index is 253. The zero-order valence-corrected chi connectivity index (χ0v) is 5.28. The van der Waals surface area contributed by atoms with Gasteiger partial charge < -0.3 is 10.2 Å². The van der Waals surface area contributed by atoms with Crippen molar-refractivity contribution in [2.24, 2.45) is 0 Å². The largest absolute Gasteiger partial charge is 0.508 e. The van der Waals surface area contributed by atoms with E-state index >= 15 is 0 Å². The van der Waals surface area contributed by atoms with Gasteiger partial charge in [0.05, 0.1) is 0 Å². The van der Waals surface area contributed by atoms with E-state index in [1.54, 1.807) is 0 Å². The van der Waals surface area contributed by atoms with Crippen LogP contribution in [0.1, 0.15) is 5.56 Å². The third-order valence-electron chi connectivity index (χ3n) is 1.19. The summed E-state index contributed by atoms with van der Waals surface area (Å²) >= 11 is 0. The van der Waals surface area contributed by atoms with E-state index in [0.29, 0.717) is 5.56 Å². The van der Waals surface area contributed by atoms with E-state index in [1.807, 2.05) is 0 Å². The van der Waals surface area contributed by atoms with Crippen LogP contribution < -0.4 is 0 Å². The number of hydrogen-bond acceptors (Lipinski definition) is 2. The second-order valence-corrected chi connectivity index (χ2v) is 1.91. The van der Waals surface area contributed by atoms with E-state index in [4.69, 9.17) is 16.8 Å². The van der Waals surface area contributed by atoms with Gasteiger partial charge >= 0.3 is 0 Å². The van der Waals surface area contributed by atoms with Crippen molar-refractivity contribution in [2.45, 2.75) is 0 Å². The van der Waals surface area contributed by atoms with Crippen LogP contribution in [0.25, 0.3) is 6.08 Å². The Morgan fingerprint density at radius 2 is 2.00 bits per heavy atom. The summed E-state index contributed by atoms with van der Waals surface area (Å²) in [5, 5.41) is 17.8. The molecule has 0 aliphatic rings. The highest BCUT2D eigenvalue weighted by Gasteiger charge is 2.04. The van der Waals surface area contributed by atoms with E-state index in [9.17, 15) is 0 Å². The molecule has 1 rings (SSSR count). The molecule has 0 aromatic heterocycles. The number of phenolic OH excluding ortho intramolecular Hbond substituents is 2. The molecular formula is C8H7O2+. The number of rotatable bonds is 1. The van der Waals surface area contributed by atoms with Crippen LogP contribution in [-0.4, -0.2) is 10.2 Å². The first kappa shape index (κ1) is 6.59. The van der Waals surface area contributed by atoms with E-state index in [0.717, 1.165) is 0 Å². The fourth-order valence-corrected chi connectivity index (χ4v) is 0.673. The molecule has 50 valence electrons. The van der Waals surface area contributed by atoms with E-state index in [2.05, 4.69) is 0 Å². The molecule has 0 fully saturated rings. The zero-order valence-electron chi connectivity index (χ0n) is 5.28. The Hall–Kier alpha value is -1.53. The minimum Gasteiger partial charge on any atom is -0.508 e. The molecule has 0 saturated carbocycles. The van der Waals surface area contributed by atoms with Gasteiger partial charge in [0.2, 0.25) is 5.75 Å². The molecule has 0 amide bonds. The molecule has 1 aromatic carbocycles. The van der Waals surface area contributed by atoms with Crippen molar-refractivity contribution in [3.63, 3.8) is 0 Å². The van der Waals surface area contributed by atoms with Gasteiger partial charge in [-0.3, -0.25) is 0 Å². The molecule has 1 aromatic rings. The summed E-state index contributed by atoms with van der Waals surface area (Å²) in [5.41, 5.74) is 0.512. The van der Waals surface area contributed by atoms with Gasteiger partial charge in [-0.1, -0.05) is 0 Å². The number of hydrogen-bond donors (Lipinski definition) is 2. The van der Waals surface area contributed by atoms with Gasteiger partial charge in [-0.25, -0.2) is 0 Å². The first-order valence-corrected chi connectivity index (χ1v) is 2.81. The first-order valence-electron chi connectivity index (χ1n) is 2.81. The van der Waals surface area contributed by atoms with Crippen molar-refractivity contribution in [2.75, 3.05) is 0 Å². The molecule has 10 heavy (non-hydrogen) atoms. The second kappa shape index (κ2) is 2.38. The quantitative estimate of drug-likeness (QED) is 0.573. The average Bonchev–Trinajstić information content (AvgIpc) is 1.88. The highest BCUT2D eigenvalue weighted by atomic mass is 16.3. The SMILES string of the molecule is [CH+]=Cc1ccc(O)cc1O. The van der Waals surface area contributed by atoms with Crippen LogP contribution in [0.4, 0.5) is 0 Å². The fourth-order valence-electron chi connectivity index (χ4n) is 0.673. The molecule has 0 heterocycles. The summed E-state index contributed by atoms with van der Waals surface area (Å²) in [4.78, 5) is 0. The third-order valence-corrected chi connectivity index (χ3v) is 1.19. The second-order valence-electron chi connectivity index (χ2n) is 1.91. The summed E-state index contributed by atoms with van der Waals surface area (Å²) in [6, 6.07) is 4.22. The minimum absolute atomic E-state index is 0.0116. The Morgan fingerprint density at radius 1 is 1.30 bits per heavy atom. The van der Waals surface area contributed by atoms with Crippen LogP contribution in [0.5, 0.6) is 11.5 Å². The van der Waals surface area contributed by atoms with Crippen LogP contribution >= 0.6 is 0 Å². The van der Waals surface area contributed by atoms with Crippen molar-refractivity contribution in [3.8, 4) is 11.5 Å². The highest BCUT2D eigenvalue weighted by molar-refractivity contribution is 5.55. The average molecular weight is 135 g/mol. The predicted octanol–water partition coefficient (Wildman–Crippen LogP) is 1.54. The van der Waals surface area contributed by atoms with Gasteiger partial charge in [0.15, 0.2) is 11.6 Å². The van der Waals surface area contributed by atoms with Crippen LogP contribution in [0.15, 0.2) is 18.2 Å². The summed E-state index contributed by atoms with van der Waals surface area (Å²) in [6.07, 6.45) is 1.27. The van der Waals surface area contributed by atoms with Crippen LogP contribution in [-0.2, 0) is 0 Å². The maximum absolute atomic E-state index is 9.02. The molecule has 0 aliphatic heterocycles. The monoisotopic (exact) mass is 135 g/mol. The van der Waals surface area contributed by atoms with E-state index < -0.39 is 0 Å². The lowest BCUT2D eigenvalue weighted by Gasteiger charge is -1.90.